The van der Waals surface area contributed by atoms with Gasteiger partial charge in [0.05, 0.1) is 16.5 Å². The number of ether oxygens (including phenoxy) is 1. The number of nitrogens with two attached hydrogens (primary N) is 1. The third-order valence-electron chi connectivity index (χ3n) is 4.18. The van der Waals surface area contributed by atoms with Gasteiger partial charge in [-0.25, -0.2) is 4.39 Å². The molecule has 130 valence electrons. The van der Waals surface area contributed by atoms with E-state index in [1.807, 2.05) is 0 Å². The predicted octanol–water partition coefficient (Wildman–Crippen LogP) is 3.49. The molecule has 0 aliphatic carbocycles. The van der Waals surface area contributed by atoms with E-state index < -0.39 is 17.3 Å². The normalized spacial score (nSPS) is 18.0. The summed E-state index contributed by atoms with van der Waals surface area (Å²) in [7, 11) is 0. The zero-order valence-electron chi connectivity index (χ0n) is 12.7. The standard InChI is InChI=1S/C15H19Cl2FN2O2.ClH/c1-9(10-6-13(18)12(17)7-11(10)16)20-14(21)15(8-19)2-4-22-5-3-15;/h6-7,9H,2-5,8,19H2,1H3,(H,20,21);1H. The number of halogens is 4. The molecule has 0 radical (unpaired) electrons. The fourth-order valence-electron chi connectivity index (χ4n) is 2.58. The number of carbonyl (C=O) groups excluding carboxylic acids is 1. The number of benzene rings is 1. The van der Waals surface area contributed by atoms with Gasteiger partial charge in [0.25, 0.3) is 0 Å². The lowest BCUT2D eigenvalue weighted by molar-refractivity contribution is -0.136. The highest BCUT2D eigenvalue weighted by Gasteiger charge is 2.39. The molecule has 23 heavy (non-hydrogen) atoms. The van der Waals surface area contributed by atoms with Gasteiger partial charge in [-0.05, 0) is 37.5 Å². The van der Waals surface area contributed by atoms with Crippen molar-refractivity contribution in [3.63, 3.8) is 0 Å². The minimum Gasteiger partial charge on any atom is -0.381 e. The maximum atomic E-state index is 13.6. The third-order valence-corrected chi connectivity index (χ3v) is 4.79. The first-order valence-corrected chi connectivity index (χ1v) is 7.88. The van der Waals surface area contributed by atoms with Crippen molar-refractivity contribution in [2.24, 2.45) is 11.1 Å². The summed E-state index contributed by atoms with van der Waals surface area (Å²) in [6.07, 6.45) is 1.15. The quantitative estimate of drug-likeness (QED) is 0.780. The highest BCUT2D eigenvalue weighted by Crippen LogP contribution is 2.32. The predicted molar refractivity (Wildman–Crippen MR) is 91.8 cm³/mol. The largest absolute Gasteiger partial charge is 0.381 e. The van der Waals surface area contributed by atoms with Crippen LogP contribution in [0.15, 0.2) is 12.1 Å². The monoisotopic (exact) mass is 384 g/mol. The van der Waals surface area contributed by atoms with Gasteiger partial charge in [-0.15, -0.1) is 12.4 Å². The van der Waals surface area contributed by atoms with Crippen LogP contribution in [0.5, 0.6) is 0 Å². The number of nitrogens with one attached hydrogen (secondary N) is 1. The van der Waals surface area contributed by atoms with Gasteiger partial charge in [-0.1, -0.05) is 23.2 Å². The van der Waals surface area contributed by atoms with Crippen LogP contribution in [0.25, 0.3) is 0 Å². The Morgan fingerprint density at radius 3 is 2.57 bits per heavy atom. The van der Waals surface area contributed by atoms with E-state index in [2.05, 4.69) is 5.32 Å². The Morgan fingerprint density at radius 1 is 1.39 bits per heavy atom. The van der Waals surface area contributed by atoms with Crippen LogP contribution in [0.4, 0.5) is 4.39 Å². The highest BCUT2D eigenvalue weighted by atomic mass is 35.5. The number of amides is 1. The Kier molecular flexibility index (Phi) is 7.55. The van der Waals surface area contributed by atoms with Gasteiger partial charge < -0.3 is 15.8 Å². The van der Waals surface area contributed by atoms with E-state index in [4.69, 9.17) is 33.7 Å². The van der Waals surface area contributed by atoms with Crippen molar-refractivity contribution >= 4 is 41.5 Å². The first-order chi connectivity index (χ1) is 10.4. The zero-order chi connectivity index (χ0) is 16.3. The summed E-state index contributed by atoms with van der Waals surface area (Å²) < 4.78 is 18.9. The van der Waals surface area contributed by atoms with Gasteiger partial charge in [0.15, 0.2) is 0 Å². The van der Waals surface area contributed by atoms with E-state index in [0.717, 1.165) is 0 Å². The van der Waals surface area contributed by atoms with Crippen LogP contribution in [0.2, 0.25) is 10.0 Å². The zero-order valence-corrected chi connectivity index (χ0v) is 15.0. The molecule has 2 rings (SSSR count). The van der Waals surface area contributed by atoms with Crippen molar-refractivity contribution in [2.45, 2.75) is 25.8 Å². The van der Waals surface area contributed by atoms with Gasteiger partial charge in [-0.3, -0.25) is 4.79 Å². The minimum absolute atomic E-state index is 0. The maximum absolute atomic E-state index is 13.6. The van der Waals surface area contributed by atoms with Crippen LogP contribution < -0.4 is 11.1 Å². The molecule has 1 fully saturated rings. The van der Waals surface area contributed by atoms with Crippen LogP contribution in [0.3, 0.4) is 0 Å². The molecule has 4 nitrogen and oxygen atoms in total. The van der Waals surface area contributed by atoms with Gasteiger partial charge in [-0.2, -0.15) is 0 Å². The molecule has 0 spiro atoms. The Bertz CT molecular complexity index is 566. The van der Waals surface area contributed by atoms with Gasteiger partial charge in [0.1, 0.15) is 5.82 Å². The second kappa shape index (κ2) is 8.49. The second-order valence-electron chi connectivity index (χ2n) is 5.58. The van der Waals surface area contributed by atoms with Crippen LogP contribution >= 0.6 is 35.6 Å². The molecular formula is C15H20Cl3FN2O2. The van der Waals surface area contributed by atoms with Crippen molar-refractivity contribution < 1.29 is 13.9 Å². The van der Waals surface area contributed by atoms with Crippen LogP contribution in [-0.4, -0.2) is 25.7 Å². The lowest BCUT2D eigenvalue weighted by atomic mass is 9.79. The number of hydrogen-bond donors (Lipinski definition) is 2. The molecule has 1 unspecified atom stereocenters. The van der Waals surface area contributed by atoms with Crippen LogP contribution in [0.1, 0.15) is 31.4 Å². The first kappa shape index (κ1) is 20.5. The van der Waals surface area contributed by atoms with E-state index in [1.165, 1.54) is 12.1 Å². The van der Waals surface area contributed by atoms with E-state index in [1.54, 1.807) is 6.92 Å². The number of rotatable bonds is 4. The molecule has 0 aromatic heterocycles. The molecule has 8 heteroatoms. The molecular weight excluding hydrogens is 366 g/mol. The summed E-state index contributed by atoms with van der Waals surface area (Å²) in [5, 5.41) is 3.14. The van der Waals surface area contributed by atoms with E-state index in [0.29, 0.717) is 36.6 Å². The Hall–Kier alpha value is -0.590. The summed E-state index contributed by atoms with van der Waals surface area (Å²) in [5.74, 6) is -0.723. The van der Waals surface area contributed by atoms with E-state index >= 15 is 0 Å². The Labute approximate surface area is 151 Å². The molecule has 3 N–H and O–H groups in total. The second-order valence-corrected chi connectivity index (χ2v) is 6.39. The van der Waals surface area contributed by atoms with Crippen molar-refractivity contribution in [1.29, 1.82) is 0 Å². The van der Waals surface area contributed by atoms with E-state index in [9.17, 15) is 9.18 Å². The summed E-state index contributed by atoms with van der Waals surface area (Å²) in [6, 6.07) is 2.14. The molecule has 1 aliphatic heterocycles. The lowest BCUT2D eigenvalue weighted by Gasteiger charge is -2.35. The summed E-state index contributed by atoms with van der Waals surface area (Å²) in [6.45, 7) is 3.01. The molecule has 1 amide bonds. The fraction of sp³-hybridized carbons (Fsp3) is 0.533. The third kappa shape index (κ3) is 4.48. The number of hydrogen-bond acceptors (Lipinski definition) is 3. The molecule has 1 saturated heterocycles. The molecule has 0 saturated carbocycles. The lowest BCUT2D eigenvalue weighted by Crippen LogP contribution is -2.49. The van der Waals surface area contributed by atoms with Gasteiger partial charge in [0.2, 0.25) is 5.91 Å². The average Bonchev–Trinajstić information content (AvgIpc) is 2.51. The molecule has 1 aromatic rings. The summed E-state index contributed by atoms with van der Waals surface area (Å²) >= 11 is 11.8. The Balaban J connectivity index is 0.00000264. The van der Waals surface area contributed by atoms with Crippen molar-refractivity contribution in [1.82, 2.24) is 5.32 Å². The van der Waals surface area contributed by atoms with Crippen molar-refractivity contribution in [3.05, 3.63) is 33.6 Å². The smallest absolute Gasteiger partial charge is 0.228 e. The average molecular weight is 386 g/mol. The SMILES string of the molecule is CC(NC(=O)C1(CN)CCOCC1)c1cc(F)c(Cl)cc1Cl.Cl. The highest BCUT2D eigenvalue weighted by molar-refractivity contribution is 6.35. The summed E-state index contributed by atoms with van der Waals surface area (Å²) in [4.78, 5) is 12.6. The minimum atomic E-state index is -0.635. The van der Waals surface area contributed by atoms with Crippen LogP contribution in [-0.2, 0) is 9.53 Å². The summed E-state index contributed by atoms with van der Waals surface area (Å²) in [5.41, 5.74) is 5.66. The van der Waals surface area contributed by atoms with Gasteiger partial charge >= 0.3 is 0 Å². The molecule has 1 atom stereocenters. The molecule has 1 aromatic carbocycles. The van der Waals surface area contributed by atoms with Gasteiger partial charge in [0, 0.05) is 24.8 Å². The fourth-order valence-corrected chi connectivity index (χ4v) is 3.13. The Morgan fingerprint density at radius 2 is 2.00 bits per heavy atom. The molecule has 1 heterocycles. The van der Waals surface area contributed by atoms with Crippen LogP contribution in [0, 0.1) is 11.2 Å². The maximum Gasteiger partial charge on any atom is 0.228 e. The topological polar surface area (TPSA) is 64.4 Å². The van der Waals surface area contributed by atoms with Crippen molar-refractivity contribution in [3.8, 4) is 0 Å². The van der Waals surface area contributed by atoms with E-state index in [-0.39, 0.29) is 29.9 Å². The molecule has 0 bridgehead atoms. The number of carbonyl (C=O) groups is 1. The molecule has 1 aliphatic rings. The van der Waals surface area contributed by atoms with Crippen molar-refractivity contribution in [2.75, 3.05) is 19.8 Å². The first-order valence-electron chi connectivity index (χ1n) is 7.13.